The minimum absolute atomic E-state index is 0.487. The first-order valence-electron chi connectivity index (χ1n) is 6.48. The van der Waals surface area contributed by atoms with E-state index < -0.39 is 11.7 Å². The Balaban J connectivity index is 2.16. The molecular formula is C15H17BrN2O2S. The van der Waals surface area contributed by atoms with Crippen LogP contribution in [0.4, 0.5) is 9.93 Å². The van der Waals surface area contributed by atoms with Gasteiger partial charge in [0.05, 0.1) is 5.69 Å². The minimum atomic E-state index is -0.523. The highest BCUT2D eigenvalue weighted by molar-refractivity contribution is 9.10. The Labute approximate surface area is 136 Å². The number of halogens is 1. The van der Waals surface area contributed by atoms with Gasteiger partial charge in [0.2, 0.25) is 0 Å². The van der Waals surface area contributed by atoms with Crippen LogP contribution in [0.15, 0.2) is 28.7 Å². The fraction of sp³-hybridized carbons (Fsp3) is 0.333. The number of benzene rings is 1. The molecule has 112 valence electrons. The van der Waals surface area contributed by atoms with Crippen molar-refractivity contribution in [3.8, 4) is 11.3 Å². The molecule has 0 aliphatic heterocycles. The molecule has 0 spiro atoms. The van der Waals surface area contributed by atoms with Crippen LogP contribution in [-0.4, -0.2) is 16.7 Å². The fourth-order valence-corrected chi connectivity index (χ4v) is 2.80. The van der Waals surface area contributed by atoms with Crippen molar-refractivity contribution in [1.29, 1.82) is 0 Å². The number of thiazole rings is 1. The number of carbonyl (C=O) groups is 1. The van der Waals surface area contributed by atoms with Gasteiger partial charge >= 0.3 is 6.09 Å². The van der Waals surface area contributed by atoms with Crippen LogP contribution in [0, 0.1) is 6.92 Å². The molecule has 1 amide bonds. The molecule has 0 saturated heterocycles. The second kappa shape index (κ2) is 6.15. The summed E-state index contributed by atoms with van der Waals surface area (Å²) >= 11 is 4.84. The van der Waals surface area contributed by atoms with Crippen molar-refractivity contribution in [1.82, 2.24) is 4.98 Å². The lowest BCUT2D eigenvalue weighted by atomic mass is 10.1. The van der Waals surface area contributed by atoms with Gasteiger partial charge in [-0.1, -0.05) is 28.1 Å². The Morgan fingerprint density at radius 3 is 2.48 bits per heavy atom. The lowest BCUT2D eigenvalue weighted by Gasteiger charge is -2.18. The average Bonchev–Trinajstić information content (AvgIpc) is 2.68. The third-order valence-corrected chi connectivity index (χ3v) is 3.94. The summed E-state index contributed by atoms with van der Waals surface area (Å²) in [7, 11) is 0. The van der Waals surface area contributed by atoms with Gasteiger partial charge in [0.15, 0.2) is 5.13 Å². The zero-order valence-electron chi connectivity index (χ0n) is 12.4. The SMILES string of the molecule is Cc1sc(NC(=O)OC(C)(C)C)nc1-c1ccc(Br)cc1. The van der Waals surface area contributed by atoms with E-state index in [-0.39, 0.29) is 0 Å². The summed E-state index contributed by atoms with van der Waals surface area (Å²) in [6.07, 6.45) is -0.487. The maximum absolute atomic E-state index is 11.8. The maximum atomic E-state index is 11.8. The summed E-state index contributed by atoms with van der Waals surface area (Å²) in [5.74, 6) is 0. The Morgan fingerprint density at radius 1 is 1.29 bits per heavy atom. The molecule has 0 aliphatic carbocycles. The second-order valence-corrected chi connectivity index (χ2v) is 7.68. The molecule has 0 bridgehead atoms. The van der Waals surface area contributed by atoms with Crippen molar-refractivity contribution in [3.05, 3.63) is 33.6 Å². The van der Waals surface area contributed by atoms with Crippen LogP contribution in [0.3, 0.4) is 0 Å². The van der Waals surface area contributed by atoms with Gasteiger partial charge in [0.1, 0.15) is 5.60 Å². The first-order valence-corrected chi connectivity index (χ1v) is 8.09. The number of nitrogens with one attached hydrogen (secondary N) is 1. The van der Waals surface area contributed by atoms with Gasteiger partial charge in [-0.05, 0) is 39.8 Å². The number of anilines is 1. The first-order chi connectivity index (χ1) is 9.74. The van der Waals surface area contributed by atoms with Gasteiger partial charge in [-0.3, -0.25) is 5.32 Å². The van der Waals surface area contributed by atoms with Crippen molar-refractivity contribution in [2.24, 2.45) is 0 Å². The van der Waals surface area contributed by atoms with Crippen LogP contribution >= 0.6 is 27.3 Å². The smallest absolute Gasteiger partial charge is 0.413 e. The molecule has 6 heteroatoms. The molecule has 1 aromatic carbocycles. The normalized spacial score (nSPS) is 11.3. The van der Waals surface area contributed by atoms with Gasteiger partial charge in [0, 0.05) is 14.9 Å². The topological polar surface area (TPSA) is 51.2 Å². The van der Waals surface area contributed by atoms with E-state index in [1.807, 2.05) is 52.0 Å². The van der Waals surface area contributed by atoms with Crippen LogP contribution in [0.1, 0.15) is 25.6 Å². The summed E-state index contributed by atoms with van der Waals surface area (Å²) in [6, 6.07) is 7.91. The molecule has 4 nitrogen and oxygen atoms in total. The molecule has 1 aromatic heterocycles. The molecule has 0 saturated carbocycles. The number of rotatable bonds is 2. The summed E-state index contributed by atoms with van der Waals surface area (Å²) in [6.45, 7) is 7.46. The van der Waals surface area contributed by atoms with Crippen LogP contribution in [0.2, 0.25) is 0 Å². The lowest BCUT2D eigenvalue weighted by molar-refractivity contribution is 0.0636. The molecule has 1 heterocycles. The quantitative estimate of drug-likeness (QED) is 0.789. The number of carbonyl (C=O) groups excluding carboxylic acids is 1. The number of hydrogen-bond acceptors (Lipinski definition) is 4. The first kappa shape index (κ1) is 16.0. The highest BCUT2D eigenvalue weighted by atomic mass is 79.9. The van der Waals surface area contributed by atoms with Crippen LogP contribution in [0.5, 0.6) is 0 Å². The number of aromatic nitrogens is 1. The summed E-state index contributed by atoms with van der Waals surface area (Å²) < 4.78 is 6.24. The van der Waals surface area contributed by atoms with E-state index in [9.17, 15) is 4.79 Å². The monoisotopic (exact) mass is 368 g/mol. The van der Waals surface area contributed by atoms with Crippen molar-refractivity contribution in [3.63, 3.8) is 0 Å². The Morgan fingerprint density at radius 2 is 1.90 bits per heavy atom. The number of nitrogens with zero attached hydrogens (tertiary/aromatic N) is 1. The van der Waals surface area contributed by atoms with E-state index in [1.165, 1.54) is 11.3 Å². The van der Waals surface area contributed by atoms with E-state index in [0.29, 0.717) is 5.13 Å². The van der Waals surface area contributed by atoms with Crippen LogP contribution < -0.4 is 5.32 Å². The van der Waals surface area contributed by atoms with Crippen molar-refractivity contribution >= 4 is 38.5 Å². The summed E-state index contributed by atoms with van der Waals surface area (Å²) in [4.78, 5) is 17.3. The van der Waals surface area contributed by atoms with Crippen molar-refractivity contribution in [2.75, 3.05) is 5.32 Å². The number of amides is 1. The van der Waals surface area contributed by atoms with Crippen LogP contribution in [0.25, 0.3) is 11.3 Å². The van der Waals surface area contributed by atoms with E-state index >= 15 is 0 Å². The summed E-state index contributed by atoms with van der Waals surface area (Å²) in [5.41, 5.74) is 1.37. The predicted octanol–water partition coefficient (Wildman–Crippen LogP) is 5.23. The molecule has 2 aromatic rings. The van der Waals surface area contributed by atoms with Gasteiger partial charge in [-0.2, -0.15) is 0 Å². The Hall–Kier alpha value is -1.40. The molecule has 0 atom stereocenters. The molecule has 0 fully saturated rings. The van der Waals surface area contributed by atoms with Gasteiger partial charge < -0.3 is 4.74 Å². The van der Waals surface area contributed by atoms with Gasteiger partial charge in [-0.25, -0.2) is 9.78 Å². The zero-order valence-corrected chi connectivity index (χ0v) is 14.8. The van der Waals surface area contributed by atoms with Crippen molar-refractivity contribution < 1.29 is 9.53 Å². The molecule has 21 heavy (non-hydrogen) atoms. The molecule has 0 radical (unpaired) electrons. The van der Waals surface area contributed by atoms with Crippen LogP contribution in [-0.2, 0) is 4.74 Å². The number of aryl methyl sites for hydroxylation is 1. The lowest BCUT2D eigenvalue weighted by Crippen LogP contribution is -2.27. The van der Waals surface area contributed by atoms with E-state index in [4.69, 9.17) is 4.74 Å². The zero-order chi connectivity index (χ0) is 15.6. The summed E-state index contributed by atoms with van der Waals surface area (Å²) in [5, 5.41) is 3.22. The third-order valence-electron chi connectivity index (χ3n) is 2.52. The molecule has 2 rings (SSSR count). The fourth-order valence-electron chi connectivity index (χ4n) is 1.72. The Kier molecular flexibility index (Phi) is 4.68. The molecular weight excluding hydrogens is 352 g/mol. The number of hydrogen-bond donors (Lipinski definition) is 1. The van der Waals surface area contributed by atoms with E-state index in [0.717, 1.165) is 20.6 Å². The van der Waals surface area contributed by atoms with E-state index in [1.54, 1.807) is 0 Å². The minimum Gasteiger partial charge on any atom is -0.444 e. The maximum Gasteiger partial charge on any atom is 0.413 e. The third kappa shape index (κ3) is 4.54. The molecule has 0 unspecified atom stereocenters. The predicted molar refractivity (Wildman–Crippen MR) is 89.8 cm³/mol. The van der Waals surface area contributed by atoms with Gasteiger partial charge in [0.25, 0.3) is 0 Å². The number of ether oxygens (including phenoxy) is 1. The molecule has 0 aliphatic rings. The largest absolute Gasteiger partial charge is 0.444 e. The van der Waals surface area contributed by atoms with E-state index in [2.05, 4.69) is 26.2 Å². The molecule has 1 N–H and O–H groups in total. The standard InChI is InChI=1S/C15H17BrN2O2S/c1-9-12(10-5-7-11(16)8-6-10)17-13(21-9)18-14(19)20-15(2,3)4/h5-8H,1-4H3,(H,17,18,19). The highest BCUT2D eigenvalue weighted by Crippen LogP contribution is 2.31. The van der Waals surface area contributed by atoms with Gasteiger partial charge in [-0.15, -0.1) is 11.3 Å². The second-order valence-electron chi connectivity index (χ2n) is 5.56. The highest BCUT2D eigenvalue weighted by Gasteiger charge is 2.18. The average molecular weight is 369 g/mol. The Bertz CT molecular complexity index is 645. The van der Waals surface area contributed by atoms with Crippen molar-refractivity contribution in [2.45, 2.75) is 33.3 Å².